The van der Waals surface area contributed by atoms with Crippen LogP contribution < -0.4 is 4.90 Å². The Kier molecular flexibility index (Phi) is 6.25. The molecule has 31 heavy (non-hydrogen) atoms. The van der Waals surface area contributed by atoms with E-state index >= 15 is 0 Å². The number of allylic oxidation sites excluding steroid dienone is 3. The lowest BCUT2D eigenvalue weighted by atomic mass is 10.0. The zero-order valence-electron chi connectivity index (χ0n) is 17.0. The fourth-order valence-corrected chi connectivity index (χ4v) is 7.80. The number of rotatable bonds is 5. The molecule has 0 N–H and O–H groups in total. The van der Waals surface area contributed by atoms with Gasteiger partial charge in [-0.3, -0.25) is 0 Å². The molecule has 2 unspecified atom stereocenters. The van der Waals surface area contributed by atoms with Crippen LogP contribution in [0.15, 0.2) is 47.9 Å². The van der Waals surface area contributed by atoms with E-state index in [0.29, 0.717) is 37.9 Å². The van der Waals surface area contributed by atoms with Gasteiger partial charge in [0.15, 0.2) is 26.6 Å². The summed E-state index contributed by atoms with van der Waals surface area (Å²) in [4.78, 5) is 5.77. The Morgan fingerprint density at radius 3 is 2.65 bits per heavy atom. The summed E-state index contributed by atoms with van der Waals surface area (Å²) < 4.78 is 52.9. The number of piperidine rings is 1. The van der Waals surface area contributed by atoms with Gasteiger partial charge >= 0.3 is 0 Å². The van der Waals surface area contributed by atoms with Gasteiger partial charge in [-0.15, -0.1) is 22.9 Å². The first kappa shape index (κ1) is 22.4. The van der Waals surface area contributed by atoms with Gasteiger partial charge in [-0.1, -0.05) is 30.4 Å². The number of hydrogen-bond donors (Lipinski definition) is 0. The van der Waals surface area contributed by atoms with Crippen molar-refractivity contribution in [2.45, 2.75) is 41.6 Å². The summed E-state index contributed by atoms with van der Waals surface area (Å²) >= 11 is 7.95. The topological polar surface area (TPSA) is 50.3 Å². The maximum absolute atomic E-state index is 13.4. The Bertz CT molecular complexity index is 1120. The number of anilines is 1. The third-order valence-corrected chi connectivity index (χ3v) is 10.0. The summed E-state index contributed by atoms with van der Waals surface area (Å²) in [6.45, 7) is 2.91. The van der Waals surface area contributed by atoms with Crippen LogP contribution in [0.2, 0.25) is 0 Å². The zero-order valence-corrected chi connectivity index (χ0v) is 19.4. The zero-order chi connectivity index (χ0) is 22.2. The van der Waals surface area contributed by atoms with E-state index in [1.165, 1.54) is 17.4 Å². The summed E-state index contributed by atoms with van der Waals surface area (Å²) in [5, 5.41) is 1.55. The fourth-order valence-electron chi connectivity index (χ4n) is 4.09. The molecule has 1 aliphatic carbocycles. The fraction of sp³-hybridized carbons (Fsp3) is 0.409. The Morgan fingerprint density at radius 1 is 1.23 bits per heavy atom. The third kappa shape index (κ3) is 4.71. The van der Waals surface area contributed by atoms with Crippen LogP contribution in [-0.4, -0.2) is 41.9 Å². The molecule has 2 atom stereocenters. The molecular weight excluding hydrogens is 462 g/mol. The summed E-state index contributed by atoms with van der Waals surface area (Å²) in [6, 6.07) is 3.85. The molecule has 1 aromatic heterocycles. The Balaban J connectivity index is 1.39. The van der Waals surface area contributed by atoms with Gasteiger partial charge in [-0.2, -0.15) is 0 Å². The minimum absolute atomic E-state index is 0.411. The average Bonchev–Trinajstić information content (AvgIpc) is 3.19. The highest BCUT2D eigenvalue weighted by Gasteiger charge is 2.44. The van der Waals surface area contributed by atoms with Crippen molar-refractivity contribution in [2.24, 2.45) is 0 Å². The summed E-state index contributed by atoms with van der Waals surface area (Å²) in [5.74, 6) is -1.73. The average molecular weight is 485 g/mol. The predicted octanol–water partition coefficient (Wildman–Crippen LogP) is 4.89. The Labute approximate surface area is 190 Å². The van der Waals surface area contributed by atoms with Crippen LogP contribution in [0.4, 0.5) is 13.9 Å². The molecule has 1 aliphatic heterocycles. The summed E-state index contributed by atoms with van der Waals surface area (Å²) in [6.07, 6.45) is 8.38. The molecule has 0 spiro atoms. The van der Waals surface area contributed by atoms with Crippen molar-refractivity contribution >= 4 is 37.9 Å². The standard InChI is InChI=1S/C22H23ClF2N2O2S2/c1-22(23)9-3-2-4-20(22)31(28,29)17-7-10-27(11-8-17)21-26-16(14-30-21)12-15-5-6-18(24)19(25)13-15/h2-6,9,13-14,17,20H,7-8,10-12H2,1H3. The molecule has 0 saturated carbocycles. The van der Waals surface area contributed by atoms with E-state index in [9.17, 15) is 17.2 Å². The second-order valence-corrected chi connectivity index (χ2v) is 12.1. The number of aromatic nitrogens is 1. The first-order chi connectivity index (χ1) is 14.7. The Morgan fingerprint density at radius 2 is 1.97 bits per heavy atom. The van der Waals surface area contributed by atoms with Gasteiger partial charge in [0.25, 0.3) is 0 Å². The van der Waals surface area contributed by atoms with Gasteiger partial charge in [-0.25, -0.2) is 22.2 Å². The summed E-state index contributed by atoms with van der Waals surface area (Å²) in [5.41, 5.74) is 1.43. The van der Waals surface area contributed by atoms with Crippen molar-refractivity contribution in [1.82, 2.24) is 4.98 Å². The lowest BCUT2D eigenvalue weighted by molar-refractivity contribution is 0.507. The highest BCUT2D eigenvalue weighted by Crippen LogP contribution is 2.36. The number of sulfone groups is 1. The Hall–Kier alpha value is -1.77. The molecule has 0 bridgehead atoms. The van der Waals surface area contributed by atoms with Crippen molar-refractivity contribution < 1.29 is 17.2 Å². The molecule has 9 heteroatoms. The van der Waals surface area contributed by atoms with E-state index in [1.807, 2.05) is 5.38 Å². The molecule has 1 saturated heterocycles. The number of nitrogens with zero attached hydrogens (tertiary/aromatic N) is 2. The van der Waals surface area contributed by atoms with Crippen LogP contribution >= 0.6 is 22.9 Å². The number of alkyl halides is 1. The second-order valence-electron chi connectivity index (χ2n) is 8.14. The van der Waals surface area contributed by atoms with Gasteiger partial charge in [0.05, 0.1) is 15.8 Å². The van der Waals surface area contributed by atoms with Crippen LogP contribution in [0.1, 0.15) is 31.0 Å². The lowest BCUT2D eigenvalue weighted by Crippen LogP contribution is -2.47. The number of halogens is 3. The molecule has 1 aromatic carbocycles. The van der Waals surface area contributed by atoms with Gasteiger partial charge in [-0.05, 0) is 37.5 Å². The van der Waals surface area contributed by atoms with E-state index in [2.05, 4.69) is 9.88 Å². The molecule has 2 aliphatic rings. The molecule has 1 fully saturated rings. The first-order valence-corrected chi connectivity index (χ1v) is 12.9. The van der Waals surface area contributed by atoms with E-state index in [1.54, 1.807) is 37.3 Å². The normalized spacial score (nSPS) is 24.6. The lowest BCUT2D eigenvalue weighted by Gasteiger charge is -2.36. The largest absolute Gasteiger partial charge is 0.348 e. The van der Waals surface area contributed by atoms with Crippen molar-refractivity contribution in [3.63, 3.8) is 0 Å². The SMILES string of the molecule is CC1(Cl)C=CC=CC1S(=O)(=O)C1CCN(c2nc(Cc3ccc(F)c(F)c3)cs2)CC1. The van der Waals surface area contributed by atoms with E-state index in [0.717, 1.165) is 16.9 Å². The van der Waals surface area contributed by atoms with E-state index in [-0.39, 0.29) is 0 Å². The highest BCUT2D eigenvalue weighted by molar-refractivity contribution is 7.93. The molecule has 0 radical (unpaired) electrons. The van der Waals surface area contributed by atoms with Crippen molar-refractivity contribution in [2.75, 3.05) is 18.0 Å². The van der Waals surface area contributed by atoms with Crippen molar-refractivity contribution in [3.8, 4) is 0 Å². The van der Waals surface area contributed by atoms with Gasteiger partial charge in [0.2, 0.25) is 0 Å². The minimum atomic E-state index is -3.42. The van der Waals surface area contributed by atoms with E-state index in [4.69, 9.17) is 11.6 Å². The monoisotopic (exact) mass is 484 g/mol. The van der Waals surface area contributed by atoms with Crippen LogP contribution in [0.5, 0.6) is 0 Å². The molecular formula is C22H23ClF2N2O2S2. The maximum atomic E-state index is 13.4. The number of hydrogen-bond acceptors (Lipinski definition) is 5. The van der Waals surface area contributed by atoms with Crippen LogP contribution in [0, 0.1) is 11.6 Å². The number of benzene rings is 1. The molecule has 2 heterocycles. The second kappa shape index (κ2) is 8.64. The minimum Gasteiger partial charge on any atom is -0.348 e. The quantitative estimate of drug-likeness (QED) is 0.567. The predicted molar refractivity (Wildman–Crippen MR) is 122 cm³/mol. The molecule has 2 aromatic rings. The van der Waals surface area contributed by atoms with Gasteiger partial charge < -0.3 is 4.90 Å². The van der Waals surface area contributed by atoms with Crippen molar-refractivity contribution in [3.05, 3.63) is 70.8 Å². The third-order valence-electron chi connectivity index (χ3n) is 5.82. The molecule has 4 rings (SSSR count). The van der Waals surface area contributed by atoms with Crippen LogP contribution in [-0.2, 0) is 16.3 Å². The smallest absolute Gasteiger partial charge is 0.185 e. The van der Waals surface area contributed by atoms with Gasteiger partial charge in [0, 0.05) is 24.9 Å². The van der Waals surface area contributed by atoms with Crippen LogP contribution in [0.3, 0.4) is 0 Å². The molecule has 0 amide bonds. The molecule has 4 nitrogen and oxygen atoms in total. The summed E-state index contributed by atoms with van der Waals surface area (Å²) in [7, 11) is -3.42. The molecule has 166 valence electrons. The van der Waals surface area contributed by atoms with E-state index < -0.39 is 36.8 Å². The first-order valence-electron chi connectivity index (χ1n) is 10.1. The number of thiazole rings is 1. The van der Waals surface area contributed by atoms with Gasteiger partial charge in [0.1, 0.15) is 5.25 Å². The highest BCUT2D eigenvalue weighted by atomic mass is 35.5. The van der Waals surface area contributed by atoms with Crippen molar-refractivity contribution in [1.29, 1.82) is 0 Å². The maximum Gasteiger partial charge on any atom is 0.185 e. The van der Waals surface area contributed by atoms with Crippen LogP contribution in [0.25, 0.3) is 0 Å².